The maximum Gasteiger partial charge on any atom is 0.0622 e. The van der Waals surface area contributed by atoms with Gasteiger partial charge in [-0.1, -0.05) is 35.3 Å². The highest BCUT2D eigenvalue weighted by molar-refractivity contribution is 6.31. The van der Waals surface area contributed by atoms with E-state index in [2.05, 4.69) is 10.4 Å². The lowest BCUT2D eigenvalue weighted by molar-refractivity contribution is 0.552. The van der Waals surface area contributed by atoms with Crippen LogP contribution in [0.15, 0.2) is 42.7 Å². The molecule has 0 bridgehead atoms. The highest BCUT2D eigenvalue weighted by atomic mass is 35.5. The van der Waals surface area contributed by atoms with Crippen molar-refractivity contribution < 1.29 is 0 Å². The van der Waals surface area contributed by atoms with Gasteiger partial charge in [0, 0.05) is 17.4 Å². The number of nitrogens with zero attached hydrogens (tertiary/aromatic N) is 1. The molecular formula is C13H13Cl2N3. The average molecular weight is 282 g/mol. The molecule has 2 rings (SSSR count). The Morgan fingerprint density at radius 2 is 2.11 bits per heavy atom. The third kappa shape index (κ3) is 3.21. The van der Waals surface area contributed by atoms with Gasteiger partial charge in [-0.25, -0.2) is 0 Å². The SMILES string of the molecule is NNC(Cc1ccncc1Cl)c1cccc(Cl)c1. The molecule has 0 saturated carbocycles. The van der Waals surface area contributed by atoms with Gasteiger partial charge < -0.3 is 0 Å². The summed E-state index contributed by atoms with van der Waals surface area (Å²) in [5, 5.41) is 1.33. The number of pyridine rings is 1. The fourth-order valence-corrected chi connectivity index (χ4v) is 2.18. The number of halogens is 2. The smallest absolute Gasteiger partial charge is 0.0622 e. The van der Waals surface area contributed by atoms with Crippen molar-refractivity contribution in [1.82, 2.24) is 10.4 Å². The second-order valence-corrected chi connectivity index (χ2v) is 4.79. The van der Waals surface area contributed by atoms with E-state index in [0.717, 1.165) is 11.1 Å². The van der Waals surface area contributed by atoms with Gasteiger partial charge in [-0.2, -0.15) is 0 Å². The maximum atomic E-state index is 6.09. The van der Waals surface area contributed by atoms with Crippen molar-refractivity contribution >= 4 is 23.2 Å². The van der Waals surface area contributed by atoms with Crippen LogP contribution in [0.25, 0.3) is 0 Å². The second-order valence-electron chi connectivity index (χ2n) is 3.95. The van der Waals surface area contributed by atoms with Crippen LogP contribution in [0.4, 0.5) is 0 Å². The Kier molecular flexibility index (Phi) is 4.55. The molecule has 3 nitrogen and oxygen atoms in total. The third-order valence-electron chi connectivity index (χ3n) is 2.73. The standard InChI is InChI=1S/C13H13Cl2N3/c14-11-3-1-2-10(6-11)13(18-16)7-9-4-5-17-8-12(9)15/h1-6,8,13,18H,7,16H2. The molecule has 0 aliphatic rings. The summed E-state index contributed by atoms with van der Waals surface area (Å²) in [6.45, 7) is 0. The van der Waals surface area contributed by atoms with E-state index in [9.17, 15) is 0 Å². The van der Waals surface area contributed by atoms with Crippen molar-refractivity contribution in [2.24, 2.45) is 5.84 Å². The normalized spacial score (nSPS) is 12.4. The number of hydrogen-bond acceptors (Lipinski definition) is 3. The molecule has 0 aliphatic heterocycles. The summed E-state index contributed by atoms with van der Waals surface area (Å²) >= 11 is 12.1. The van der Waals surface area contributed by atoms with Crippen LogP contribution in [0.2, 0.25) is 10.0 Å². The van der Waals surface area contributed by atoms with Gasteiger partial charge in [-0.05, 0) is 35.7 Å². The molecule has 0 fully saturated rings. The molecule has 1 aromatic carbocycles. The highest BCUT2D eigenvalue weighted by Gasteiger charge is 2.12. The number of aromatic nitrogens is 1. The molecule has 0 aliphatic carbocycles. The first-order valence-electron chi connectivity index (χ1n) is 5.50. The summed E-state index contributed by atoms with van der Waals surface area (Å²) < 4.78 is 0. The first-order valence-corrected chi connectivity index (χ1v) is 6.26. The first kappa shape index (κ1) is 13.3. The van der Waals surface area contributed by atoms with E-state index in [4.69, 9.17) is 29.0 Å². The molecule has 0 saturated heterocycles. The number of nitrogens with one attached hydrogen (secondary N) is 1. The van der Waals surface area contributed by atoms with Gasteiger partial charge in [0.25, 0.3) is 0 Å². The van der Waals surface area contributed by atoms with Gasteiger partial charge in [0.15, 0.2) is 0 Å². The minimum absolute atomic E-state index is 0.0383. The number of nitrogens with two attached hydrogens (primary N) is 1. The van der Waals surface area contributed by atoms with Crippen LogP contribution in [0.1, 0.15) is 17.2 Å². The molecule has 1 heterocycles. The topological polar surface area (TPSA) is 50.9 Å². The van der Waals surface area contributed by atoms with Crippen molar-refractivity contribution in [2.45, 2.75) is 12.5 Å². The molecule has 5 heteroatoms. The average Bonchev–Trinajstić information content (AvgIpc) is 2.38. The quantitative estimate of drug-likeness (QED) is 0.669. The minimum atomic E-state index is -0.0383. The van der Waals surface area contributed by atoms with E-state index < -0.39 is 0 Å². The van der Waals surface area contributed by atoms with Gasteiger partial charge in [-0.3, -0.25) is 16.3 Å². The van der Waals surface area contributed by atoms with Crippen molar-refractivity contribution in [3.05, 3.63) is 63.9 Å². The Morgan fingerprint density at radius 3 is 2.78 bits per heavy atom. The maximum absolute atomic E-state index is 6.09. The van der Waals surface area contributed by atoms with Gasteiger partial charge in [0.2, 0.25) is 0 Å². The van der Waals surface area contributed by atoms with Crippen molar-refractivity contribution in [2.75, 3.05) is 0 Å². The van der Waals surface area contributed by atoms with E-state index in [-0.39, 0.29) is 6.04 Å². The lowest BCUT2D eigenvalue weighted by Crippen LogP contribution is -2.29. The van der Waals surface area contributed by atoms with Crippen LogP contribution in [0, 0.1) is 0 Å². The van der Waals surface area contributed by atoms with Gasteiger partial charge in [-0.15, -0.1) is 0 Å². The van der Waals surface area contributed by atoms with E-state index in [1.807, 2.05) is 30.3 Å². The summed E-state index contributed by atoms with van der Waals surface area (Å²) in [6.07, 6.45) is 4.02. The van der Waals surface area contributed by atoms with E-state index in [1.54, 1.807) is 12.4 Å². The molecule has 3 N–H and O–H groups in total. The van der Waals surface area contributed by atoms with Crippen LogP contribution < -0.4 is 11.3 Å². The largest absolute Gasteiger partial charge is 0.271 e. The van der Waals surface area contributed by atoms with E-state index >= 15 is 0 Å². The zero-order valence-corrected chi connectivity index (χ0v) is 11.1. The predicted octanol–water partition coefficient (Wildman–Crippen LogP) is 3.14. The molecular weight excluding hydrogens is 269 g/mol. The Hall–Kier alpha value is -1.13. The Balaban J connectivity index is 2.23. The van der Waals surface area contributed by atoms with Crippen LogP contribution >= 0.6 is 23.2 Å². The first-order chi connectivity index (χ1) is 8.70. The molecule has 0 radical (unpaired) electrons. The Labute approximate surface area is 116 Å². The zero-order chi connectivity index (χ0) is 13.0. The number of hydrazine groups is 1. The molecule has 2 aromatic rings. The Morgan fingerprint density at radius 1 is 1.28 bits per heavy atom. The van der Waals surface area contributed by atoms with E-state index in [1.165, 1.54) is 0 Å². The highest BCUT2D eigenvalue weighted by Crippen LogP contribution is 2.24. The minimum Gasteiger partial charge on any atom is -0.271 e. The number of benzene rings is 1. The fraction of sp³-hybridized carbons (Fsp3) is 0.154. The van der Waals surface area contributed by atoms with Crippen LogP contribution in [0.3, 0.4) is 0 Å². The molecule has 1 unspecified atom stereocenters. The monoisotopic (exact) mass is 281 g/mol. The van der Waals surface area contributed by atoms with Crippen LogP contribution in [-0.2, 0) is 6.42 Å². The second kappa shape index (κ2) is 6.16. The summed E-state index contributed by atoms with van der Waals surface area (Å²) in [7, 11) is 0. The van der Waals surface area contributed by atoms with Crippen molar-refractivity contribution in [3.63, 3.8) is 0 Å². The predicted molar refractivity (Wildman–Crippen MR) is 74.5 cm³/mol. The van der Waals surface area contributed by atoms with Crippen LogP contribution in [0.5, 0.6) is 0 Å². The molecule has 0 spiro atoms. The van der Waals surface area contributed by atoms with Crippen molar-refractivity contribution in [1.29, 1.82) is 0 Å². The van der Waals surface area contributed by atoms with Gasteiger partial charge in [0.05, 0.1) is 11.1 Å². The van der Waals surface area contributed by atoms with Gasteiger partial charge in [0.1, 0.15) is 0 Å². The molecule has 1 atom stereocenters. The summed E-state index contributed by atoms with van der Waals surface area (Å²) in [5.74, 6) is 5.60. The number of hydrogen-bond donors (Lipinski definition) is 2. The lowest BCUT2D eigenvalue weighted by atomic mass is 10.0. The lowest BCUT2D eigenvalue weighted by Gasteiger charge is -2.17. The van der Waals surface area contributed by atoms with Crippen molar-refractivity contribution in [3.8, 4) is 0 Å². The third-order valence-corrected chi connectivity index (χ3v) is 3.31. The fourth-order valence-electron chi connectivity index (χ4n) is 1.79. The molecule has 0 amide bonds. The van der Waals surface area contributed by atoms with Gasteiger partial charge >= 0.3 is 0 Å². The zero-order valence-electron chi connectivity index (χ0n) is 9.61. The van der Waals surface area contributed by atoms with Crippen LogP contribution in [-0.4, -0.2) is 4.98 Å². The molecule has 94 valence electrons. The summed E-state index contributed by atoms with van der Waals surface area (Å²) in [4.78, 5) is 3.96. The molecule has 1 aromatic heterocycles. The summed E-state index contributed by atoms with van der Waals surface area (Å²) in [6, 6.07) is 9.45. The summed E-state index contributed by atoms with van der Waals surface area (Å²) in [5.41, 5.74) is 4.80. The van der Waals surface area contributed by atoms with E-state index in [0.29, 0.717) is 16.5 Å². The Bertz CT molecular complexity index is 531. The molecule has 18 heavy (non-hydrogen) atoms. The number of rotatable bonds is 4.